The van der Waals surface area contributed by atoms with Gasteiger partial charge in [0.05, 0.1) is 15.6 Å². The molecular weight excluding hydrogens is 402 g/mol. The molecule has 0 saturated carbocycles. The molecule has 3 aromatic rings. The Hall–Kier alpha value is -1.87. The second-order valence-electron chi connectivity index (χ2n) is 5.41. The standard InChI is InChI=1S/C17H13ClF2N2O2S2/c1-10-16(25-17(22-10)12-4-2-3-5-13(12)18)9-21-26(23,24)11-6-7-14(19)15(20)8-11/h2-8,21H,9H2,1H3. The van der Waals surface area contributed by atoms with Crippen LogP contribution in [0.2, 0.25) is 5.02 Å². The first kappa shape index (κ1) is 18.9. The van der Waals surface area contributed by atoms with Crippen molar-refractivity contribution < 1.29 is 17.2 Å². The Morgan fingerprint density at radius 1 is 1.15 bits per heavy atom. The number of nitrogens with zero attached hydrogens (tertiary/aromatic N) is 1. The van der Waals surface area contributed by atoms with E-state index in [-0.39, 0.29) is 11.4 Å². The lowest BCUT2D eigenvalue weighted by Gasteiger charge is -2.06. The largest absolute Gasteiger partial charge is 0.241 e. The van der Waals surface area contributed by atoms with Crippen LogP contribution in [0.3, 0.4) is 0 Å². The SMILES string of the molecule is Cc1nc(-c2ccccc2Cl)sc1CNS(=O)(=O)c1ccc(F)c(F)c1. The number of thiazole rings is 1. The van der Waals surface area contributed by atoms with Crippen molar-refractivity contribution in [2.24, 2.45) is 0 Å². The summed E-state index contributed by atoms with van der Waals surface area (Å²) in [5.41, 5.74) is 1.43. The third-order valence-corrected chi connectivity index (χ3v) is 6.54. The maximum absolute atomic E-state index is 13.3. The average molecular weight is 415 g/mol. The van der Waals surface area contributed by atoms with E-state index in [2.05, 4.69) is 9.71 Å². The van der Waals surface area contributed by atoms with Gasteiger partial charge in [0.15, 0.2) is 11.6 Å². The monoisotopic (exact) mass is 414 g/mol. The Morgan fingerprint density at radius 2 is 1.88 bits per heavy atom. The predicted octanol–water partition coefficient (Wildman–Crippen LogP) is 4.53. The lowest BCUT2D eigenvalue weighted by atomic mass is 10.2. The minimum atomic E-state index is -3.98. The van der Waals surface area contributed by atoms with Gasteiger partial charge in [0.2, 0.25) is 10.0 Å². The summed E-state index contributed by atoms with van der Waals surface area (Å²) in [6, 6.07) is 9.65. The van der Waals surface area contributed by atoms with Gasteiger partial charge in [-0.05, 0) is 31.2 Å². The number of benzene rings is 2. The molecule has 9 heteroatoms. The van der Waals surface area contributed by atoms with Gasteiger partial charge in [0.1, 0.15) is 5.01 Å². The highest BCUT2D eigenvalue weighted by Gasteiger charge is 2.18. The van der Waals surface area contributed by atoms with Gasteiger partial charge in [-0.25, -0.2) is 26.9 Å². The van der Waals surface area contributed by atoms with Crippen molar-refractivity contribution in [3.8, 4) is 10.6 Å². The van der Waals surface area contributed by atoms with Crippen LogP contribution < -0.4 is 4.72 Å². The Kier molecular flexibility index (Phi) is 5.38. The summed E-state index contributed by atoms with van der Waals surface area (Å²) >= 11 is 7.48. The summed E-state index contributed by atoms with van der Waals surface area (Å²) in [5, 5.41) is 1.23. The van der Waals surface area contributed by atoms with Gasteiger partial charge in [-0.2, -0.15) is 0 Å². The van der Waals surface area contributed by atoms with Crippen LogP contribution in [0.25, 0.3) is 10.6 Å². The molecule has 0 aliphatic heterocycles. The van der Waals surface area contributed by atoms with Crippen LogP contribution in [0.5, 0.6) is 0 Å². The van der Waals surface area contributed by atoms with E-state index in [1.54, 1.807) is 13.0 Å². The summed E-state index contributed by atoms with van der Waals surface area (Å²) in [6.45, 7) is 1.74. The van der Waals surface area contributed by atoms with Gasteiger partial charge in [0, 0.05) is 17.0 Å². The second-order valence-corrected chi connectivity index (χ2v) is 8.67. The number of halogens is 3. The van der Waals surface area contributed by atoms with Crippen molar-refractivity contribution in [3.05, 3.63) is 69.7 Å². The van der Waals surface area contributed by atoms with E-state index in [4.69, 9.17) is 11.6 Å². The zero-order chi connectivity index (χ0) is 18.9. The highest BCUT2D eigenvalue weighted by Crippen LogP contribution is 2.32. The molecule has 4 nitrogen and oxygen atoms in total. The molecule has 0 saturated heterocycles. The van der Waals surface area contributed by atoms with E-state index < -0.39 is 21.7 Å². The van der Waals surface area contributed by atoms with Gasteiger partial charge in [-0.1, -0.05) is 29.8 Å². The molecule has 0 atom stereocenters. The molecule has 3 rings (SSSR count). The molecule has 2 aromatic carbocycles. The van der Waals surface area contributed by atoms with Crippen LogP contribution in [0.15, 0.2) is 47.4 Å². The average Bonchev–Trinajstić information content (AvgIpc) is 2.96. The molecule has 0 bridgehead atoms. The first-order valence-corrected chi connectivity index (χ1v) is 10.1. The molecule has 1 N–H and O–H groups in total. The quantitative estimate of drug-likeness (QED) is 0.667. The Labute approximate surface area is 158 Å². The zero-order valence-electron chi connectivity index (χ0n) is 13.5. The van der Waals surface area contributed by atoms with Gasteiger partial charge < -0.3 is 0 Å². The number of hydrogen-bond acceptors (Lipinski definition) is 4. The van der Waals surface area contributed by atoms with Gasteiger partial charge in [-0.3, -0.25) is 0 Å². The van der Waals surface area contributed by atoms with Crippen LogP contribution in [-0.2, 0) is 16.6 Å². The highest BCUT2D eigenvalue weighted by molar-refractivity contribution is 7.89. The Morgan fingerprint density at radius 3 is 2.58 bits per heavy atom. The molecule has 0 amide bonds. The zero-order valence-corrected chi connectivity index (χ0v) is 15.9. The fourth-order valence-corrected chi connectivity index (χ4v) is 4.65. The van der Waals surface area contributed by atoms with E-state index in [1.165, 1.54) is 11.3 Å². The molecular formula is C17H13ClF2N2O2S2. The summed E-state index contributed by atoms with van der Waals surface area (Å²) < 4.78 is 53.2. The van der Waals surface area contributed by atoms with E-state index >= 15 is 0 Å². The predicted molar refractivity (Wildman–Crippen MR) is 97.7 cm³/mol. The van der Waals surface area contributed by atoms with Crippen molar-refractivity contribution in [1.82, 2.24) is 9.71 Å². The van der Waals surface area contributed by atoms with E-state index in [1.807, 2.05) is 18.2 Å². The third-order valence-electron chi connectivity index (χ3n) is 3.62. The van der Waals surface area contributed by atoms with Crippen molar-refractivity contribution in [3.63, 3.8) is 0 Å². The minimum Gasteiger partial charge on any atom is -0.241 e. The number of rotatable bonds is 5. The molecule has 136 valence electrons. The van der Waals surface area contributed by atoms with E-state index in [9.17, 15) is 17.2 Å². The number of aromatic nitrogens is 1. The second kappa shape index (κ2) is 7.40. The number of sulfonamides is 1. The van der Waals surface area contributed by atoms with Crippen molar-refractivity contribution >= 4 is 33.0 Å². The fraction of sp³-hybridized carbons (Fsp3) is 0.118. The molecule has 0 unspecified atom stereocenters. The summed E-state index contributed by atoms with van der Waals surface area (Å²) in [7, 11) is -3.98. The summed E-state index contributed by atoms with van der Waals surface area (Å²) in [6.07, 6.45) is 0. The molecule has 0 aliphatic carbocycles. The van der Waals surface area contributed by atoms with Crippen LogP contribution in [0.1, 0.15) is 10.6 Å². The summed E-state index contributed by atoms with van der Waals surface area (Å²) in [5.74, 6) is -2.32. The lowest BCUT2D eigenvalue weighted by Crippen LogP contribution is -2.23. The van der Waals surface area contributed by atoms with Crippen LogP contribution >= 0.6 is 22.9 Å². The summed E-state index contributed by atoms with van der Waals surface area (Å²) in [4.78, 5) is 4.79. The Balaban J connectivity index is 1.81. The van der Waals surface area contributed by atoms with Gasteiger partial charge in [-0.15, -0.1) is 11.3 Å². The number of hydrogen-bond donors (Lipinski definition) is 1. The number of aryl methyl sites for hydroxylation is 1. The van der Waals surface area contributed by atoms with Crippen molar-refractivity contribution in [2.45, 2.75) is 18.4 Å². The maximum atomic E-state index is 13.3. The minimum absolute atomic E-state index is 0.0186. The highest BCUT2D eigenvalue weighted by atomic mass is 35.5. The van der Waals surface area contributed by atoms with Crippen LogP contribution in [0.4, 0.5) is 8.78 Å². The van der Waals surface area contributed by atoms with E-state index in [0.717, 1.165) is 17.7 Å². The molecule has 0 aliphatic rings. The molecule has 0 fully saturated rings. The Bertz CT molecular complexity index is 1070. The first-order valence-electron chi connectivity index (χ1n) is 7.44. The molecule has 0 radical (unpaired) electrons. The van der Waals surface area contributed by atoms with E-state index in [0.29, 0.717) is 26.7 Å². The van der Waals surface area contributed by atoms with Crippen LogP contribution in [-0.4, -0.2) is 13.4 Å². The normalized spacial score (nSPS) is 11.7. The fourth-order valence-electron chi connectivity index (χ4n) is 2.23. The van der Waals surface area contributed by atoms with Crippen molar-refractivity contribution in [1.29, 1.82) is 0 Å². The maximum Gasteiger partial charge on any atom is 0.241 e. The van der Waals surface area contributed by atoms with Gasteiger partial charge >= 0.3 is 0 Å². The molecule has 0 spiro atoms. The molecule has 1 aromatic heterocycles. The molecule has 1 heterocycles. The molecule has 26 heavy (non-hydrogen) atoms. The number of nitrogens with one attached hydrogen (secondary N) is 1. The third kappa shape index (κ3) is 3.93. The lowest BCUT2D eigenvalue weighted by molar-refractivity contribution is 0.504. The topological polar surface area (TPSA) is 59.1 Å². The first-order chi connectivity index (χ1) is 12.3. The smallest absolute Gasteiger partial charge is 0.241 e. The van der Waals surface area contributed by atoms with Crippen molar-refractivity contribution in [2.75, 3.05) is 0 Å². The van der Waals surface area contributed by atoms with Gasteiger partial charge in [0.25, 0.3) is 0 Å². The van der Waals surface area contributed by atoms with Crippen LogP contribution in [0, 0.1) is 18.6 Å².